The van der Waals surface area contributed by atoms with Crippen LogP contribution in [0.2, 0.25) is 0 Å². The second-order valence-corrected chi connectivity index (χ2v) is 8.44. The molecule has 0 radical (unpaired) electrons. The van der Waals surface area contributed by atoms with Gasteiger partial charge in [-0.2, -0.15) is 0 Å². The Morgan fingerprint density at radius 3 is 2.69 bits per heavy atom. The Labute approximate surface area is 184 Å². The Bertz CT molecular complexity index is 1390. The average Bonchev–Trinajstić information content (AvgIpc) is 3.50. The standard InChI is InChI=1S/C24H21N5O3/c1-15-5-7-18(8-6-15)24-14-27-20(12-17-4-3-9-25-21(17)27)23(31)29(24)11-10-28(24)22(30)19-13-32-26-16(19)2/h3-9,12-13H,10-11,14H2,1-2H3. The zero-order chi connectivity index (χ0) is 22.0. The summed E-state index contributed by atoms with van der Waals surface area (Å²) in [7, 11) is 0. The van der Waals surface area contributed by atoms with Gasteiger partial charge in [-0.3, -0.25) is 9.59 Å². The van der Waals surface area contributed by atoms with E-state index in [-0.39, 0.29) is 11.8 Å². The highest BCUT2D eigenvalue weighted by Gasteiger charge is 2.56. The molecule has 4 aromatic rings. The van der Waals surface area contributed by atoms with Gasteiger partial charge in [0.15, 0.2) is 5.66 Å². The molecule has 8 heteroatoms. The van der Waals surface area contributed by atoms with E-state index in [1.54, 1.807) is 18.0 Å². The summed E-state index contributed by atoms with van der Waals surface area (Å²) in [6, 6.07) is 13.7. The summed E-state index contributed by atoms with van der Waals surface area (Å²) in [5.74, 6) is -0.306. The molecule has 1 aromatic carbocycles. The van der Waals surface area contributed by atoms with Crippen molar-refractivity contribution in [3.63, 3.8) is 0 Å². The number of aryl methyl sites for hydroxylation is 2. The first-order valence-corrected chi connectivity index (χ1v) is 10.6. The van der Waals surface area contributed by atoms with Crippen LogP contribution in [0.25, 0.3) is 11.0 Å². The van der Waals surface area contributed by atoms with Crippen LogP contribution in [-0.2, 0) is 12.2 Å². The van der Waals surface area contributed by atoms with Gasteiger partial charge in [0.05, 0.1) is 12.2 Å². The van der Waals surface area contributed by atoms with Crippen molar-refractivity contribution in [2.24, 2.45) is 0 Å². The van der Waals surface area contributed by atoms with Gasteiger partial charge in [0.25, 0.3) is 11.8 Å². The molecule has 1 fully saturated rings. The van der Waals surface area contributed by atoms with Crippen molar-refractivity contribution in [2.45, 2.75) is 26.1 Å². The number of nitrogens with zero attached hydrogens (tertiary/aromatic N) is 5. The molecule has 1 atom stereocenters. The molecule has 0 spiro atoms. The van der Waals surface area contributed by atoms with Gasteiger partial charge < -0.3 is 18.9 Å². The third-order valence-corrected chi connectivity index (χ3v) is 6.68. The normalized spacial score (nSPS) is 20.0. The third-order valence-electron chi connectivity index (χ3n) is 6.68. The van der Waals surface area contributed by atoms with Gasteiger partial charge in [-0.05, 0) is 37.6 Å². The summed E-state index contributed by atoms with van der Waals surface area (Å²) < 4.78 is 6.99. The van der Waals surface area contributed by atoms with Crippen LogP contribution in [0, 0.1) is 13.8 Å². The number of amides is 2. The highest BCUT2D eigenvalue weighted by Crippen LogP contribution is 2.44. The minimum absolute atomic E-state index is 0.104. The number of rotatable bonds is 2. The van der Waals surface area contributed by atoms with E-state index < -0.39 is 5.66 Å². The minimum Gasteiger partial charge on any atom is -0.364 e. The van der Waals surface area contributed by atoms with E-state index in [1.807, 2.05) is 58.9 Å². The number of hydrogen-bond donors (Lipinski definition) is 0. The number of hydrogen-bond acceptors (Lipinski definition) is 5. The Morgan fingerprint density at radius 2 is 1.94 bits per heavy atom. The number of fused-ring (bicyclic) bond motifs is 4. The first-order valence-electron chi connectivity index (χ1n) is 10.6. The molecule has 32 heavy (non-hydrogen) atoms. The molecule has 2 aliphatic heterocycles. The third kappa shape index (κ3) is 2.37. The molecule has 160 valence electrons. The van der Waals surface area contributed by atoms with Crippen molar-refractivity contribution in [3.8, 4) is 0 Å². The molecule has 6 rings (SSSR count). The molecule has 0 bridgehead atoms. The molecule has 1 unspecified atom stereocenters. The number of benzene rings is 1. The lowest BCUT2D eigenvalue weighted by molar-refractivity contribution is -0.00529. The summed E-state index contributed by atoms with van der Waals surface area (Å²) in [5, 5.41) is 4.79. The van der Waals surface area contributed by atoms with Crippen molar-refractivity contribution in [1.82, 2.24) is 24.5 Å². The van der Waals surface area contributed by atoms with Gasteiger partial charge in [-0.15, -0.1) is 0 Å². The van der Waals surface area contributed by atoms with E-state index in [1.165, 1.54) is 6.26 Å². The maximum atomic E-state index is 13.7. The summed E-state index contributed by atoms with van der Waals surface area (Å²) in [6.07, 6.45) is 3.11. The van der Waals surface area contributed by atoms with Crippen molar-refractivity contribution < 1.29 is 14.1 Å². The zero-order valence-electron chi connectivity index (χ0n) is 17.8. The Morgan fingerprint density at radius 1 is 1.12 bits per heavy atom. The topological polar surface area (TPSA) is 84.5 Å². The molecular formula is C24H21N5O3. The fraction of sp³-hybridized carbons (Fsp3) is 0.250. The molecule has 0 N–H and O–H groups in total. The largest absolute Gasteiger partial charge is 0.364 e. The van der Waals surface area contributed by atoms with Crippen LogP contribution in [0.4, 0.5) is 0 Å². The second-order valence-electron chi connectivity index (χ2n) is 8.44. The van der Waals surface area contributed by atoms with Gasteiger partial charge >= 0.3 is 0 Å². The molecule has 8 nitrogen and oxygen atoms in total. The van der Waals surface area contributed by atoms with E-state index >= 15 is 0 Å². The predicted molar refractivity (Wildman–Crippen MR) is 116 cm³/mol. The maximum absolute atomic E-state index is 13.7. The lowest BCUT2D eigenvalue weighted by atomic mass is 9.93. The van der Waals surface area contributed by atoms with Crippen LogP contribution in [0.1, 0.15) is 37.7 Å². The molecule has 2 aliphatic rings. The quantitative estimate of drug-likeness (QED) is 0.491. The SMILES string of the molecule is Cc1ccc(C23Cn4c(cc5cccnc54)C(=O)N2CCN3C(=O)c2conc2C)cc1. The molecule has 5 heterocycles. The Balaban J connectivity index is 1.59. The predicted octanol–water partition coefficient (Wildman–Crippen LogP) is 3.11. The maximum Gasteiger partial charge on any atom is 0.272 e. The number of carbonyl (C=O) groups excluding carboxylic acids is 2. The van der Waals surface area contributed by atoms with Crippen LogP contribution in [-0.4, -0.2) is 49.4 Å². The van der Waals surface area contributed by atoms with Gasteiger partial charge in [-0.1, -0.05) is 35.0 Å². The molecule has 2 amide bonds. The highest BCUT2D eigenvalue weighted by molar-refractivity contribution is 6.01. The summed E-state index contributed by atoms with van der Waals surface area (Å²) in [4.78, 5) is 35.6. The number of aromatic nitrogens is 3. The molecule has 0 aliphatic carbocycles. The smallest absolute Gasteiger partial charge is 0.272 e. The minimum atomic E-state index is -0.970. The van der Waals surface area contributed by atoms with Crippen molar-refractivity contribution in [2.75, 3.05) is 13.1 Å². The van der Waals surface area contributed by atoms with Gasteiger partial charge in [0.2, 0.25) is 0 Å². The van der Waals surface area contributed by atoms with Crippen molar-refractivity contribution >= 4 is 22.8 Å². The summed E-state index contributed by atoms with van der Waals surface area (Å²) in [5.41, 5.74) is 3.30. The highest BCUT2D eigenvalue weighted by atomic mass is 16.5. The first-order chi connectivity index (χ1) is 15.5. The molecule has 3 aromatic heterocycles. The van der Waals surface area contributed by atoms with E-state index in [2.05, 4.69) is 10.1 Å². The van der Waals surface area contributed by atoms with Crippen LogP contribution >= 0.6 is 0 Å². The van der Waals surface area contributed by atoms with Crippen LogP contribution in [0.15, 0.2) is 59.4 Å². The number of pyridine rings is 1. The van der Waals surface area contributed by atoms with E-state index in [9.17, 15) is 9.59 Å². The van der Waals surface area contributed by atoms with E-state index in [0.29, 0.717) is 36.6 Å². The van der Waals surface area contributed by atoms with Gasteiger partial charge in [0, 0.05) is 24.7 Å². The number of carbonyl (C=O) groups is 2. The Kier molecular flexibility index (Phi) is 3.83. The van der Waals surface area contributed by atoms with Crippen molar-refractivity contribution in [1.29, 1.82) is 0 Å². The van der Waals surface area contributed by atoms with Crippen molar-refractivity contribution in [3.05, 3.63) is 83.0 Å². The zero-order valence-corrected chi connectivity index (χ0v) is 17.8. The van der Waals surface area contributed by atoms with Gasteiger partial charge in [0.1, 0.15) is 23.2 Å². The van der Waals surface area contributed by atoms with E-state index in [0.717, 1.165) is 22.2 Å². The lowest BCUT2D eigenvalue weighted by Crippen LogP contribution is -2.60. The molecular weight excluding hydrogens is 406 g/mol. The monoisotopic (exact) mass is 427 g/mol. The average molecular weight is 427 g/mol. The Hall–Kier alpha value is -3.94. The van der Waals surface area contributed by atoms with Crippen LogP contribution in [0.3, 0.4) is 0 Å². The van der Waals surface area contributed by atoms with Crippen LogP contribution < -0.4 is 0 Å². The first kappa shape index (κ1) is 18.8. The lowest BCUT2D eigenvalue weighted by Gasteiger charge is -2.47. The summed E-state index contributed by atoms with van der Waals surface area (Å²) in [6.45, 7) is 5.02. The molecule has 0 saturated carbocycles. The second kappa shape index (κ2) is 6.53. The fourth-order valence-electron chi connectivity index (χ4n) is 5.07. The van der Waals surface area contributed by atoms with E-state index in [4.69, 9.17) is 4.52 Å². The van der Waals surface area contributed by atoms with Crippen LogP contribution in [0.5, 0.6) is 0 Å². The summed E-state index contributed by atoms with van der Waals surface area (Å²) >= 11 is 0. The molecule has 1 saturated heterocycles. The fourth-order valence-corrected chi connectivity index (χ4v) is 5.07. The van der Waals surface area contributed by atoms with Gasteiger partial charge in [-0.25, -0.2) is 4.98 Å².